The number of benzene rings is 2. The van der Waals surface area contributed by atoms with E-state index in [9.17, 15) is 14.7 Å². The van der Waals surface area contributed by atoms with Gasteiger partial charge in [0.15, 0.2) is 23.4 Å². The van der Waals surface area contributed by atoms with Crippen molar-refractivity contribution in [2.75, 3.05) is 26.5 Å². The number of pyridine rings is 1. The Morgan fingerprint density at radius 3 is 2.68 bits per heavy atom. The summed E-state index contributed by atoms with van der Waals surface area (Å²) >= 11 is 0. The highest BCUT2D eigenvalue weighted by Crippen LogP contribution is 2.33. The second-order valence-corrected chi connectivity index (χ2v) is 9.73. The summed E-state index contributed by atoms with van der Waals surface area (Å²) in [6.07, 6.45) is 0.827. The molecule has 0 saturated carbocycles. The van der Waals surface area contributed by atoms with Crippen molar-refractivity contribution in [1.29, 1.82) is 0 Å². The van der Waals surface area contributed by atoms with E-state index in [1.54, 1.807) is 18.2 Å². The van der Waals surface area contributed by atoms with Crippen molar-refractivity contribution in [2.45, 2.75) is 52.2 Å². The van der Waals surface area contributed by atoms with Crippen molar-refractivity contribution >= 4 is 16.7 Å². The maximum absolute atomic E-state index is 12.7. The second kappa shape index (κ2) is 12.8. The molecule has 0 spiro atoms. The quantitative estimate of drug-likeness (QED) is 0.274. The highest BCUT2D eigenvalue weighted by atomic mass is 16.7. The summed E-state index contributed by atoms with van der Waals surface area (Å²) in [5, 5.41) is 14.3. The van der Waals surface area contributed by atoms with Crippen LogP contribution in [-0.2, 0) is 11.2 Å². The number of Topliss-reactive ketones (excluding diaryl/α,β-unsaturated/α-hetero) is 1. The molecule has 38 heavy (non-hydrogen) atoms. The average molecular weight is 525 g/mol. The number of fused-ring (bicyclic) bond motifs is 2. The summed E-state index contributed by atoms with van der Waals surface area (Å²) in [7, 11) is 0. The Labute approximate surface area is 222 Å². The fraction of sp³-hybridized carbons (Fsp3) is 0.448. The van der Waals surface area contributed by atoms with Crippen LogP contribution in [-0.4, -0.2) is 54.6 Å². The Kier molecular flexibility index (Phi) is 9.25. The minimum Gasteiger partial charge on any atom is -0.490 e. The maximum atomic E-state index is 12.7. The Bertz CT molecular complexity index is 1300. The lowest BCUT2D eigenvalue weighted by Gasteiger charge is -2.21. The summed E-state index contributed by atoms with van der Waals surface area (Å²) in [5.41, 5.74) is 1.30. The highest BCUT2D eigenvalue weighted by Gasteiger charge is 2.24. The Balaban J connectivity index is 1.34. The molecular weight excluding hydrogens is 488 g/mol. The third-order valence-corrected chi connectivity index (χ3v) is 6.36. The van der Waals surface area contributed by atoms with E-state index in [4.69, 9.17) is 18.9 Å². The second-order valence-electron chi connectivity index (χ2n) is 9.73. The molecular formula is C29H36N2O7. The van der Waals surface area contributed by atoms with Gasteiger partial charge in [-0.3, -0.25) is 9.59 Å². The van der Waals surface area contributed by atoms with Crippen molar-refractivity contribution in [3.8, 4) is 23.0 Å². The zero-order chi connectivity index (χ0) is 27.1. The number of rotatable bonds is 14. The molecule has 0 bridgehead atoms. The number of ether oxygens (including phenoxy) is 4. The lowest BCUT2D eigenvalue weighted by atomic mass is 10.0. The number of ketones is 1. The largest absolute Gasteiger partial charge is 0.490 e. The molecule has 204 valence electrons. The molecule has 9 nitrogen and oxygen atoms in total. The first-order valence-corrected chi connectivity index (χ1v) is 13.1. The van der Waals surface area contributed by atoms with Crippen molar-refractivity contribution in [3.63, 3.8) is 0 Å². The normalized spacial score (nSPS) is 14.0. The van der Waals surface area contributed by atoms with Gasteiger partial charge in [-0.25, -0.2) is 0 Å². The van der Waals surface area contributed by atoms with Crippen molar-refractivity contribution < 1.29 is 28.8 Å². The number of hydrogen-bond acceptors (Lipinski definition) is 8. The molecule has 0 saturated heterocycles. The van der Waals surface area contributed by atoms with Gasteiger partial charge < -0.3 is 34.4 Å². The van der Waals surface area contributed by atoms with Gasteiger partial charge in [0.05, 0.1) is 5.52 Å². The third kappa shape index (κ3) is 6.85. The smallest absolute Gasteiger partial charge is 0.248 e. The van der Waals surface area contributed by atoms with E-state index < -0.39 is 12.2 Å². The minimum absolute atomic E-state index is 0.0211. The van der Waals surface area contributed by atoms with Crippen LogP contribution in [0.3, 0.4) is 0 Å². The molecule has 1 aromatic heterocycles. The van der Waals surface area contributed by atoms with E-state index in [1.165, 1.54) is 6.07 Å². The molecule has 0 amide bonds. The zero-order valence-corrected chi connectivity index (χ0v) is 22.1. The lowest BCUT2D eigenvalue weighted by Crippen LogP contribution is -2.32. The van der Waals surface area contributed by atoms with E-state index in [1.807, 2.05) is 39.0 Å². The summed E-state index contributed by atoms with van der Waals surface area (Å²) in [6.45, 7) is 7.05. The summed E-state index contributed by atoms with van der Waals surface area (Å²) in [4.78, 5) is 27.6. The summed E-state index contributed by atoms with van der Waals surface area (Å²) in [5.74, 6) is 2.30. The molecule has 2 atom stereocenters. The predicted octanol–water partition coefficient (Wildman–Crippen LogP) is 3.60. The monoisotopic (exact) mass is 524 g/mol. The lowest BCUT2D eigenvalue weighted by molar-refractivity contribution is -0.129. The third-order valence-electron chi connectivity index (χ3n) is 6.36. The Morgan fingerprint density at radius 1 is 1.11 bits per heavy atom. The van der Waals surface area contributed by atoms with Crippen LogP contribution in [0.5, 0.6) is 23.0 Å². The molecule has 0 aliphatic carbocycles. The molecule has 1 aliphatic heterocycles. The molecule has 2 aromatic carbocycles. The number of aromatic nitrogens is 1. The van der Waals surface area contributed by atoms with Crippen molar-refractivity contribution in [3.05, 3.63) is 58.4 Å². The molecule has 3 aromatic rings. The molecule has 2 unspecified atom stereocenters. The van der Waals surface area contributed by atoms with Crippen molar-refractivity contribution in [1.82, 2.24) is 10.3 Å². The zero-order valence-electron chi connectivity index (χ0n) is 22.1. The molecule has 1 aliphatic rings. The van der Waals surface area contributed by atoms with Crippen LogP contribution < -0.4 is 29.8 Å². The van der Waals surface area contributed by atoms with Gasteiger partial charge in [-0.1, -0.05) is 33.3 Å². The van der Waals surface area contributed by atoms with Crippen LogP contribution in [0.1, 0.15) is 39.2 Å². The maximum Gasteiger partial charge on any atom is 0.248 e. The van der Waals surface area contributed by atoms with E-state index in [-0.39, 0.29) is 30.7 Å². The molecule has 4 rings (SSSR count). The number of hydrogen-bond donors (Lipinski definition) is 3. The summed E-state index contributed by atoms with van der Waals surface area (Å²) < 4.78 is 22.8. The van der Waals surface area contributed by atoms with Crippen molar-refractivity contribution in [2.24, 2.45) is 5.92 Å². The fourth-order valence-electron chi connectivity index (χ4n) is 4.31. The first-order chi connectivity index (χ1) is 18.4. The van der Waals surface area contributed by atoms with Gasteiger partial charge in [0, 0.05) is 23.9 Å². The number of carbonyl (C=O) groups excluding carboxylic acids is 1. The number of aliphatic hydroxyl groups is 1. The van der Waals surface area contributed by atoms with Gasteiger partial charge in [-0.2, -0.15) is 0 Å². The summed E-state index contributed by atoms with van der Waals surface area (Å²) in [6, 6.07) is 12.4. The van der Waals surface area contributed by atoms with Crippen LogP contribution >= 0.6 is 0 Å². The number of aromatic amines is 1. The number of H-pyrrole nitrogens is 1. The number of nitrogens with one attached hydrogen (secondary N) is 2. The van der Waals surface area contributed by atoms with Crippen LogP contribution in [0.15, 0.2) is 47.3 Å². The topological polar surface area (TPSA) is 119 Å². The Hall–Kier alpha value is -3.56. The van der Waals surface area contributed by atoms with Gasteiger partial charge in [0.1, 0.15) is 24.2 Å². The molecule has 9 heteroatoms. The minimum atomic E-state index is -0.738. The molecule has 0 radical (unpaired) electrons. The van der Waals surface area contributed by atoms with Gasteiger partial charge in [0.2, 0.25) is 12.4 Å². The molecule has 2 heterocycles. The van der Waals surface area contributed by atoms with E-state index in [2.05, 4.69) is 10.3 Å². The van der Waals surface area contributed by atoms with Crippen LogP contribution in [0.2, 0.25) is 0 Å². The first kappa shape index (κ1) is 27.5. The SMILES string of the molecule is CCCC(Oc1ccc(OCC(O)CNCCc2ccc3c(c2)OCO3)c2ccc(=O)[nH]c12)C(=O)C(C)C. The first-order valence-electron chi connectivity index (χ1n) is 13.1. The van der Waals surface area contributed by atoms with E-state index in [0.717, 1.165) is 29.9 Å². The molecule has 3 N–H and O–H groups in total. The van der Waals surface area contributed by atoms with Gasteiger partial charge >= 0.3 is 0 Å². The molecule has 0 fully saturated rings. The average Bonchev–Trinajstić information content (AvgIpc) is 3.38. The van der Waals surface area contributed by atoms with Crippen LogP contribution in [0.25, 0.3) is 10.9 Å². The number of carbonyl (C=O) groups is 1. The van der Waals surface area contributed by atoms with Gasteiger partial charge in [-0.15, -0.1) is 0 Å². The fourth-order valence-corrected chi connectivity index (χ4v) is 4.31. The van der Waals surface area contributed by atoms with E-state index in [0.29, 0.717) is 41.9 Å². The number of aliphatic hydroxyl groups excluding tert-OH is 1. The Morgan fingerprint density at radius 2 is 1.89 bits per heavy atom. The van der Waals surface area contributed by atoms with Gasteiger partial charge in [-0.05, 0) is 55.3 Å². The van der Waals surface area contributed by atoms with Gasteiger partial charge in [0.25, 0.3) is 0 Å². The van der Waals surface area contributed by atoms with E-state index >= 15 is 0 Å². The van der Waals surface area contributed by atoms with Crippen LogP contribution in [0, 0.1) is 5.92 Å². The predicted molar refractivity (Wildman–Crippen MR) is 144 cm³/mol. The highest BCUT2D eigenvalue weighted by molar-refractivity contribution is 5.91. The standard InChI is InChI=1S/C29H36N2O7/c1-4-5-25(29(34)18(2)3)38-24-10-9-22(21-7-11-27(33)31-28(21)24)35-16-20(32)15-30-13-12-19-6-8-23-26(14-19)37-17-36-23/h6-11,14,18,20,25,30,32H,4-5,12-13,15-17H2,1-3H3,(H,31,33). The van der Waals surface area contributed by atoms with Crippen LogP contribution in [0.4, 0.5) is 0 Å².